The van der Waals surface area contributed by atoms with Crippen LogP contribution < -0.4 is 5.32 Å². The third-order valence-corrected chi connectivity index (χ3v) is 3.80. The monoisotopic (exact) mass is 321 g/mol. The number of aromatic nitrogens is 4. The van der Waals surface area contributed by atoms with Crippen LogP contribution in [0.5, 0.6) is 0 Å². The molecule has 1 amide bonds. The number of ether oxygens (including phenoxy) is 1. The summed E-state index contributed by atoms with van der Waals surface area (Å²) in [5, 5.41) is 15.0. The topological polar surface area (TPSA) is 81.9 Å². The van der Waals surface area contributed by atoms with E-state index in [2.05, 4.69) is 20.8 Å². The predicted octanol–water partition coefficient (Wildman–Crippen LogP) is 1.21. The molecule has 1 aromatic carbocycles. The van der Waals surface area contributed by atoms with Crippen LogP contribution in [0.3, 0.4) is 0 Å². The molecular weight excluding hydrogens is 302 g/mol. The van der Waals surface area contributed by atoms with Crippen LogP contribution in [0.2, 0.25) is 0 Å². The van der Waals surface area contributed by atoms with Crippen LogP contribution in [0.15, 0.2) is 29.4 Å². The van der Waals surface area contributed by atoms with Crippen LogP contribution in [0.25, 0.3) is 5.69 Å². The Morgan fingerprint density at radius 3 is 2.82 bits per heavy atom. The molecule has 0 saturated carbocycles. The highest BCUT2D eigenvalue weighted by Gasteiger charge is 2.12. The average molecular weight is 321 g/mol. The number of carbonyl (C=O) groups is 1. The number of thioether (sulfide) groups is 1. The van der Waals surface area contributed by atoms with Gasteiger partial charge in [0.05, 0.1) is 18.0 Å². The van der Waals surface area contributed by atoms with E-state index in [1.165, 1.54) is 11.8 Å². The molecule has 0 aliphatic heterocycles. The van der Waals surface area contributed by atoms with Gasteiger partial charge in [0.25, 0.3) is 0 Å². The summed E-state index contributed by atoms with van der Waals surface area (Å²) in [6, 6.07) is 7.84. The third kappa shape index (κ3) is 4.54. The Labute approximate surface area is 133 Å². The highest BCUT2D eigenvalue weighted by molar-refractivity contribution is 7.99. The summed E-state index contributed by atoms with van der Waals surface area (Å²) in [5.74, 6) is 0.174. The minimum Gasteiger partial charge on any atom is -0.383 e. The summed E-state index contributed by atoms with van der Waals surface area (Å²) in [5.41, 5.74) is 2.03. The minimum atomic E-state index is -0.0759. The first-order chi connectivity index (χ1) is 10.6. The summed E-state index contributed by atoms with van der Waals surface area (Å²) < 4.78 is 6.60. The molecule has 2 aromatic rings. The third-order valence-electron chi connectivity index (χ3n) is 2.88. The summed E-state index contributed by atoms with van der Waals surface area (Å²) in [4.78, 5) is 11.9. The molecule has 0 bridgehead atoms. The van der Waals surface area contributed by atoms with Crippen molar-refractivity contribution in [1.82, 2.24) is 25.5 Å². The van der Waals surface area contributed by atoms with E-state index in [1.54, 1.807) is 11.8 Å². The van der Waals surface area contributed by atoms with E-state index in [0.717, 1.165) is 11.3 Å². The Morgan fingerprint density at radius 2 is 2.14 bits per heavy atom. The first kappa shape index (κ1) is 16.4. The van der Waals surface area contributed by atoms with Gasteiger partial charge in [-0.05, 0) is 36.4 Å². The maximum Gasteiger partial charge on any atom is 0.230 e. The fourth-order valence-electron chi connectivity index (χ4n) is 1.86. The van der Waals surface area contributed by atoms with Crippen molar-refractivity contribution in [3.05, 3.63) is 29.8 Å². The van der Waals surface area contributed by atoms with Crippen LogP contribution in [0, 0.1) is 6.92 Å². The molecule has 7 nitrogen and oxygen atoms in total. The molecule has 22 heavy (non-hydrogen) atoms. The fourth-order valence-corrected chi connectivity index (χ4v) is 2.56. The molecule has 1 N–H and O–H groups in total. The van der Waals surface area contributed by atoms with Gasteiger partial charge in [0, 0.05) is 13.2 Å². The number of amides is 1. The van der Waals surface area contributed by atoms with Crippen LogP contribution in [0.1, 0.15) is 12.5 Å². The van der Waals surface area contributed by atoms with Crippen molar-refractivity contribution >= 4 is 17.7 Å². The zero-order valence-corrected chi connectivity index (χ0v) is 13.6. The van der Waals surface area contributed by atoms with E-state index < -0.39 is 0 Å². The maximum atomic E-state index is 11.9. The molecule has 0 radical (unpaired) electrons. The number of hydrogen-bond donors (Lipinski definition) is 1. The molecule has 1 atom stereocenters. The highest BCUT2D eigenvalue weighted by atomic mass is 32.2. The molecule has 2 rings (SSSR count). The highest BCUT2D eigenvalue weighted by Crippen LogP contribution is 2.18. The van der Waals surface area contributed by atoms with Crippen molar-refractivity contribution in [2.24, 2.45) is 0 Å². The molecule has 1 aromatic heterocycles. The quantitative estimate of drug-likeness (QED) is 0.772. The van der Waals surface area contributed by atoms with Crippen molar-refractivity contribution < 1.29 is 9.53 Å². The first-order valence-corrected chi connectivity index (χ1v) is 7.85. The largest absolute Gasteiger partial charge is 0.383 e. The number of methoxy groups -OCH3 is 1. The van der Waals surface area contributed by atoms with Crippen molar-refractivity contribution in [1.29, 1.82) is 0 Å². The van der Waals surface area contributed by atoms with Crippen molar-refractivity contribution in [2.75, 3.05) is 19.5 Å². The molecule has 1 unspecified atom stereocenters. The van der Waals surface area contributed by atoms with E-state index >= 15 is 0 Å². The van der Waals surface area contributed by atoms with Crippen LogP contribution in [-0.2, 0) is 9.53 Å². The van der Waals surface area contributed by atoms with Gasteiger partial charge >= 0.3 is 0 Å². The number of tetrazole rings is 1. The molecule has 8 heteroatoms. The summed E-state index contributed by atoms with van der Waals surface area (Å²) >= 11 is 1.29. The maximum absolute atomic E-state index is 11.9. The summed E-state index contributed by atoms with van der Waals surface area (Å²) in [7, 11) is 1.60. The molecule has 0 fully saturated rings. The number of nitrogens with zero attached hydrogens (tertiary/aromatic N) is 4. The summed E-state index contributed by atoms with van der Waals surface area (Å²) in [6.45, 7) is 4.39. The number of rotatable bonds is 7. The second kappa shape index (κ2) is 7.90. The Balaban J connectivity index is 1.96. The molecule has 0 saturated heterocycles. The van der Waals surface area contributed by atoms with Gasteiger partial charge in [0.1, 0.15) is 0 Å². The van der Waals surface area contributed by atoms with Crippen LogP contribution in [0.4, 0.5) is 0 Å². The Hall–Kier alpha value is -1.93. The van der Waals surface area contributed by atoms with Crippen molar-refractivity contribution in [2.45, 2.75) is 25.0 Å². The lowest BCUT2D eigenvalue weighted by atomic mass is 10.2. The zero-order chi connectivity index (χ0) is 15.9. The smallest absolute Gasteiger partial charge is 0.230 e. The Morgan fingerprint density at radius 1 is 1.41 bits per heavy atom. The van der Waals surface area contributed by atoms with Gasteiger partial charge in [0.2, 0.25) is 11.1 Å². The Bertz CT molecular complexity index is 614. The SMILES string of the molecule is COCC(C)NC(=O)CSc1nnnn1-c1ccc(C)cc1. The predicted molar refractivity (Wildman–Crippen MR) is 84.1 cm³/mol. The van der Waals surface area contributed by atoms with E-state index in [0.29, 0.717) is 11.8 Å². The van der Waals surface area contributed by atoms with Crippen LogP contribution >= 0.6 is 11.8 Å². The lowest BCUT2D eigenvalue weighted by Gasteiger charge is -2.12. The van der Waals surface area contributed by atoms with E-state index in [-0.39, 0.29) is 17.7 Å². The number of nitrogens with one attached hydrogen (secondary N) is 1. The minimum absolute atomic E-state index is 0.0220. The molecular formula is C14H19N5O2S. The molecule has 0 aliphatic carbocycles. The van der Waals surface area contributed by atoms with E-state index in [9.17, 15) is 4.79 Å². The molecule has 0 aliphatic rings. The van der Waals surface area contributed by atoms with Gasteiger partial charge in [-0.1, -0.05) is 29.5 Å². The van der Waals surface area contributed by atoms with Gasteiger partial charge < -0.3 is 10.1 Å². The van der Waals surface area contributed by atoms with Crippen LogP contribution in [-0.4, -0.2) is 51.6 Å². The lowest BCUT2D eigenvalue weighted by molar-refractivity contribution is -0.119. The Kier molecular flexibility index (Phi) is 5.91. The first-order valence-electron chi connectivity index (χ1n) is 6.86. The average Bonchev–Trinajstić information content (AvgIpc) is 2.94. The molecule has 0 spiro atoms. The second-order valence-corrected chi connectivity index (χ2v) is 5.86. The van der Waals surface area contributed by atoms with Gasteiger partial charge in [-0.25, -0.2) is 0 Å². The second-order valence-electron chi connectivity index (χ2n) is 4.92. The number of aryl methyl sites for hydroxylation is 1. The number of benzene rings is 1. The summed E-state index contributed by atoms with van der Waals surface area (Å²) in [6.07, 6.45) is 0. The van der Waals surface area contributed by atoms with E-state index in [4.69, 9.17) is 4.74 Å². The van der Waals surface area contributed by atoms with Crippen molar-refractivity contribution in [3.8, 4) is 5.69 Å². The normalized spacial score (nSPS) is 12.1. The van der Waals surface area contributed by atoms with Gasteiger partial charge in [-0.3, -0.25) is 4.79 Å². The number of carbonyl (C=O) groups excluding carboxylic acids is 1. The van der Waals surface area contributed by atoms with E-state index in [1.807, 2.05) is 38.1 Å². The van der Waals surface area contributed by atoms with Crippen molar-refractivity contribution in [3.63, 3.8) is 0 Å². The lowest BCUT2D eigenvalue weighted by Crippen LogP contribution is -2.36. The van der Waals surface area contributed by atoms with Gasteiger partial charge in [-0.2, -0.15) is 4.68 Å². The number of hydrogen-bond acceptors (Lipinski definition) is 6. The van der Waals surface area contributed by atoms with Gasteiger partial charge in [-0.15, -0.1) is 5.10 Å². The molecule has 118 valence electrons. The zero-order valence-electron chi connectivity index (χ0n) is 12.8. The molecule has 1 heterocycles. The fraction of sp³-hybridized carbons (Fsp3) is 0.429. The van der Waals surface area contributed by atoms with Gasteiger partial charge in [0.15, 0.2) is 0 Å². The standard InChI is InChI=1S/C14H19N5O2S/c1-10-4-6-12(7-5-10)19-14(16-17-18-19)22-9-13(20)15-11(2)8-21-3/h4-7,11H,8-9H2,1-3H3,(H,15,20).